The number of hydrogen-bond donors (Lipinski definition) is 0. The number of carbonyl (C=O) groups excluding carboxylic acids is 2. The second-order valence-corrected chi connectivity index (χ2v) is 2.50. The van der Waals surface area contributed by atoms with E-state index in [1.165, 1.54) is 12.0 Å². The zero-order chi connectivity index (χ0) is 8.97. The van der Waals surface area contributed by atoms with E-state index in [1.807, 2.05) is 0 Å². The second kappa shape index (κ2) is 4.06. The van der Waals surface area contributed by atoms with Crippen LogP contribution in [0, 0.1) is 0 Å². The van der Waals surface area contributed by atoms with Gasteiger partial charge in [0.2, 0.25) is 0 Å². The predicted molar refractivity (Wildman–Crippen MR) is 39.5 cm³/mol. The highest BCUT2D eigenvalue weighted by atomic mass is 16.6. The van der Waals surface area contributed by atoms with Gasteiger partial charge in [0.15, 0.2) is 0 Å². The van der Waals surface area contributed by atoms with Crippen LogP contribution in [0.15, 0.2) is 0 Å². The molecule has 0 bridgehead atoms. The molecule has 12 heavy (non-hydrogen) atoms. The number of methoxy groups -OCH3 is 1. The van der Waals surface area contributed by atoms with E-state index in [0.29, 0.717) is 13.0 Å². The fourth-order valence-electron chi connectivity index (χ4n) is 1.11. The van der Waals surface area contributed by atoms with Crippen molar-refractivity contribution in [2.45, 2.75) is 12.5 Å². The number of hydrogen-bond acceptors (Lipinski definition) is 4. The van der Waals surface area contributed by atoms with Crippen LogP contribution >= 0.6 is 0 Å². The predicted octanol–water partition coefficient (Wildman–Crippen LogP) is 0.0001000. The van der Waals surface area contributed by atoms with Gasteiger partial charge in [-0.25, -0.2) is 4.79 Å². The van der Waals surface area contributed by atoms with Gasteiger partial charge in [-0.15, -0.1) is 0 Å². The van der Waals surface area contributed by atoms with E-state index >= 15 is 0 Å². The number of nitrogens with zero attached hydrogens (tertiary/aromatic N) is 1. The van der Waals surface area contributed by atoms with Gasteiger partial charge in [-0.1, -0.05) is 0 Å². The number of rotatable bonds is 2. The van der Waals surface area contributed by atoms with E-state index in [1.54, 1.807) is 0 Å². The normalized spacial score (nSPS) is 22.4. The van der Waals surface area contributed by atoms with E-state index in [4.69, 9.17) is 4.74 Å². The quantitative estimate of drug-likeness (QED) is 0.551. The molecule has 1 unspecified atom stereocenters. The third kappa shape index (κ3) is 1.73. The molecule has 0 aliphatic carbocycles. The summed E-state index contributed by atoms with van der Waals surface area (Å²) in [6.07, 6.45) is 0.629. The van der Waals surface area contributed by atoms with Gasteiger partial charge in [-0.2, -0.15) is 0 Å². The molecule has 1 aliphatic rings. The van der Waals surface area contributed by atoms with Gasteiger partial charge >= 0.3 is 6.09 Å². The summed E-state index contributed by atoms with van der Waals surface area (Å²) in [4.78, 5) is 22.6. The van der Waals surface area contributed by atoms with E-state index in [0.717, 1.165) is 6.29 Å². The molecular weight excluding hydrogens is 162 g/mol. The average molecular weight is 173 g/mol. The van der Waals surface area contributed by atoms with Crippen LogP contribution in [0.2, 0.25) is 0 Å². The molecule has 68 valence electrons. The van der Waals surface area contributed by atoms with Crippen molar-refractivity contribution in [2.24, 2.45) is 0 Å². The number of aldehydes is 1. The number of amides is 1. The zero-order valence-electron chi connectivity index (χ0n) is 6.86. The standard InChI is InChI=1S/C7H11NO4/c1-11-7(10)8-5-12-4-6(8)2-3-9/h3,6H,2,4-5H2,1H3. The third-order valence-corrected chi connectivity index (χ3v) is 1.76. The van der Waals surface area contributed by atoms with E-state index < -0.39 is 6.09 Å². The molecule has 1 saturated heterocycles. The summed E-state index contributed by atoms with van der Waals surface area (Å²) in [5.41, 5.74) is 0. The van der Waals surface area contributed by atoms with E-state index in [-0.39, 0.29) is 12.8 Å². The largest absolute Gasteiger partial charge is 0.453 e. The molecule has 5 heteroatoms. The van der Waals surface area contributed by atoms with Gasteiger partial charge in [0, 0.05) is 6.42 Å². The molecular formula is C7H11NO4. The summed E-state index contributed by atoms with van der Waals surface area (Å²) in [7, 11) is 1.30. The first-order chi connectivity index (χ1) is 5.79. The van der Waals surface area contributed by atoms with Crippen molar-refractivity contribution in [1.82, 2.24) is 4.90 Å². The lowest BCUT2D eigenvalue weighted by atomic mass is 10.2. The second-order valence-electron chi connectivity index (χ2n) is 2.50. The fraction of sp³-hybridized carbons (Fsp3) is 0.714. The van der Waals surface area contributed by atoms with Gasteiger partial charge in [-0.05, 0) is 0 Å². The van der Waals surface area contributed by atoms with Gasteiger partial charge in [-0.3, -0.25) is 4.90 Å². The highest BCUT2D eigenvalue weighted by molar-refractivity contribution is 5.68. The smallest absolute Gasteiger partial charge is 0.411 e. The maximum Gasteiger partial charge on any atom is 0.411 e. The Balaban J connectivity index is 2.50. The summed E-state index contributed by atoms with van der Waals surface area (Å²) in [6, 6.07) is -0.157. The van der Waals surface area contributed by atoms with Crippen LogP contribution in [0.5, 0.6) is 0 Å². The SMILES string of the molecule is COC(=O)N1COCC1CC=O. The molecule has 1 fully saturated rings. The summed E-state index contributed by atoms with van der Waals surface area (Å²) < 4.78 is 9.51. The molecule has 1 atom stereocenters. The maximum absolute atomic E-state index is 11.0. The Labute approximate surface area is 70.2 Å². The van der Waals surface area contributed by atoms with E-state index in [2.05, 4.69) is 4.74 Å². The van der Waals surface area contributed by atoms with Crippen molar-refractivity contribution in [3.05, 3.63) is 0 Å². The van der Waals surface area contributed by atoms with Crippen molar-refractivity contribution < 1.29 is 19.1 Å². The van der Waals surface area contributed by atoms with Crippen LogP contribution in [0.1, 0.15) is 6.42 Å². The van der Waals surface area contributed by atoms with E-state index in [9.17, 15) is 9.59 Å². The summed E-state index contributed by atoms with van der Waals surface area (Å²) in [5.74, 6) is 0. The molecule has 0 aromatic rings. The van der Waals surface area contributed by atoms with Gasteiger partial charge in [0.05, 0.1) is 19.8 Å². The molecule has 0 saturated carbocycles. The molecule has 0 aromatic heterocycles. The fourth-order valence-corrected chi connectivity index (χ4v) is 1.11. The average Bonchev–Trinajstić information content (AvgIpc) is 2.52. The number of ether oxygens (including phenoxy) is 2. The van der Waals surface area contributed by atoms with Gasteiger partial charge in [0.1, 0.15) is 13.0 Å². The molecule has 1 heterocycles. The monoisotopic (exact) mass is 173 g/mol. The summed E-state index contributed by atoms with van der Waals surface area (Å²) in [5, 5.41) is 0. The van der Waals surface area contributed by atoms with Crippen LogP contribution < -0.4 is 0 Å². The minimum Gasteiger partial charge on any atom is -0.453 e. The lowest BCUT2D eigenvalue weighted by molar-refractivity contribution is -0.108. The molecule has 0 radical (unpaired) electrons. The molecule has 0 spiro atoms. The van der Waals surface area contributed by atoms with Gasteiger partial charge in [0.25, 0.3) is 0 Å². The minimum atomic E-state index is -0.445. The van der Waals surface area contributed by atoms with Crippen LogP contribution in [0.4, 0.5) is 4.79 Å². The Morgan fingerprint density at radius 2 is 2.58 bits per heavy atom. The minimum absolute atomic E-state index is 0.157. The molecule has 0 N–H and O–H groups in total. The van der Waals surface area contributed by atoms with Crippen LogP contribution in [0.3, 0.4) is 0 Å². The topological polar surface area (TPSA) is 55.8 Å². The lowest BCUT2D eigenvalue weighted by Crippen LogP contribution is -2.36. The Hall–Kier alpha value is -1.10. The Morgan fingerprint density at radius 3 is 3.17 bits per heavy atom. The first-order valence-corrected chi connectivity index (χ1v) is 3.65. The molecule has 1 rings (SSSR count). The third-order valence-electron chi connectivity index (χ3n) is 1.76. The summed E-state index contributed by atoms with van der Waals surface area (Å²) in [6.45, 7) is 0.624. The van der Waals surface area contributed by atoms with Crippen LogP contribution in [-0.4, -0.2) is 43.8 Å². The van der Waals surface area contributed by atoms with Gasteiger partial charge < -0.3 is 14.3 Å². The van der Waals surface area contributed by atoms with Crippen LogP contribution in [0.25, 0.3) is 0 Å². The lowest BCUT2D eigenvalue weighted by Gasteiger charge is -2.18. The molecule has 1 aliphatic heterocycles. The van der Waals surface area contributed by atoms with Crippen molar-refractivity contribution in [3.63, 3.8) is 0 Å². The Kier molecular flexibility index (Phi) is 3.04. The number of carbonyl (C=O) groups is 2. The highest BCUT2D eigenvalue weighted by Crippen LogP contribution is 2.12. The molecule has 0 aromatic carbocycles. The highest BCUT2D eigenvalue weighted by Gasteiger charge is 2.29. The van der Waals surface area contributed by atoms with Crippen molar-refractivity contribution in [1.29, 1.82) is 0 Å². The van der Waals surface area contributed by atoms with Crippen molar-refractivity contribution in [3.8, 4) is 0 Å². The Bertz CT molecular complexity index is 182. The maximum atomic E-state index is 11.0. The van der Waals surface area contributed by atoms with Crippen LogP contribution in [-0.2, 0) is 14.3 Å². The van der Waals surface area contributed by atoms with Crippen molar-refractivity contribution >= 4 is 12.4 Å². The molecule has 1 amide bonds. The summed E-state index contributed by atoms with van der Waals surface area (Å²) >= 11 is 0. The first-order valence-electron chi connectivity index (χ1n) is 3.65. The molecule has 5 nitrogen and oxygen atoms in total. The Morgan fingerprint density at radius 1 is 1.83 bits per heavy atom. The van der Waals surface area contributed by atoms with Crippen molar-refractivity contribution in [2.75, 3.05) is 20.4 Å². The first kappa shape index (κ1) is 8.99. The zero-order valence-corrected chi connectivity index (χ0v) is 6.86.